The van der Waals surface area contributed by atoms with Gasteiger partial charge in [-0.15, -0.1) is 0 Å². The fourth-order valence-electron chi connectivity index (χ4n) is 0.615. The van der Waals surface area contributed by atoms with Gasteiger partial charge in [0.15, 0.2) is 0 Å². The zero-order valence-electron chi connectivity index (χ0n) is 8.35. The van der Waals surface area contributed by atoms with Crippen LogP contribution in [0.25, 0.3) is 0 Å². The van der Waals surface area contributed by atoms with E-state index in [1.54, 1.807) is 0 Å². The Morgan fingerprint density at radius 2 is 1.10 bits per heavy atom. The van der Waals surface area contributed by atoms with E-state index in [4.69, 9.17) is 0 Å². The summed E-state index contributed by atoms with van der Waals surface area (Å²) in [6.07, 6.45) is -20.7. The van der Waals surface area contributed by atoms with Gasteiger partial charge in [0.1, 0.15) is 0 Å². The Hall–Kier alpha value is -0.660. The fraction of sp³-hybridized carbons (Fsp3) is 0.833. The zero-order chi connectivity index (χ0) is 16.8. The zero-order valence-corrected chi connectivity index (χ0v) is 9.94. The van der Waals surface area contributed by atoms with Gasteiger partial charge in [0.2, 0.25) is 0 Å². The molecule has 0 aliphatic rings. The molecule has 1 unspecified atom stereocenters. The van der Waals surface area contributed by atoms with E-state index < -0.39 is 34.9 Å². The van der Waals surface area contributed by atoms with Gasteiger partial charge in [0.25, 0.3) is 4.69 Å². The largest absolute Gasteiger partial charge is 0.462 e. The van der Waals surface area contributed by atoms with Crippen LogP contribution in [0.3, 0.4) is 0 Å². The standard InChI is InChI=1S/C6BrF11O2/c7-1(19)2(8,4(11,12)13)20-6(17,18)3(9,10)5(14,15)16. The van der Waals surface area contributed by atoms with Crippen LogP contribution in [0.1, 0.15) is 0 Å². The molecule has 120 valence electrons. The summed E-state index contributed by atoms with van der Waals surface area (Å²) in [7, 11) is 0. The molecule has 0 amide bonds. The van der Waals surface area contributed by atoms with Crippen LogP contribution < -0.4 is 0 Å². The van der Waals surface area contributed by atoms with E-state index in [-0.39, 0.29) is 0 Å². The molecule has 0 radical (unpaired) electrons. The normalized spacial score (nSPS) is 17.8. The van der Waals surface area contributed by atoms with Crippen molar-refractivity contribution in [3.63, 3.8) is 0 Å². The molecule has 0 fully saturated rings. The highest BCUT2D eigenvalue weighted by Crippen LogP contribution is 2.51. The summed E-state index contributed by atoms with van der Waals surface area (Å²) >= 11 is 1.18. The Balaban J connectivity index is 5.73. The van der Waals surface area contributed by atoms with E-state index in [9.17, 15) is 53.1 Å². The van der Waals surface area contributed by atoms with Crippen LogP contribution >= 0.6 is 15.9 Å². The number of carbonyl (C=O) groups is 1. The van der Waals surface area contributed by atoms with Crippen molar-refractivity contribution >= 4 is 20.6 Å². The maximum absolute atomic E-state index is 12.9. The lowest BCUT2D eigenvalue weighted by Crippen LogP contribution is -2.60. The summed E-state index contributed by atoms with van der Waals surface area (Å²) in [6.45, 7) is 0. The minimum atomic E-state index is -7.18. The topological polar surface area (TPSA) is 26.3 Å². The first-order valence-corrected chi connectivity index (χ1v) is 4.67. The Morgan fingerprint density at radius 1 is 0.750 bits per heavy atom. The summed E-state index contributed by atoms with van der Waals surface area (Å²) in [4.78, 5) is 10.2. The molecule has 0 heterocycles. The third-order valence-electron chi connectivity index (χ3n) is 1.61. The van der Waals surface area contributed by atoms with Crippen molar-refractivity contribution in [2.45, 2.75) is 30.2 Å². The first kappa shape index (κ1) is 19.3. The van der Waals surface area contributed by atoms with Crippen molar-refractivity contribution < 1.29 is 57.8 Å². The Kier molecular flexibility index (Phi) is 4.80. The molecule has 0 aromatic rings. The van der Waals surface area contributed by atoms with Crippen LogP contribution in [0.4, 0.5) is 48.3 Å². The average molecular weight is 393 g/mol. The molecule has 0 aliphatic carbocycles. The van der Waals surface area contributed by atoms with E-state index in [1.165, 1.54) is 15.9 Å². The highest BCUT2D eigenvalue weighted by Gasteiger charge is 2.79. The predicted octanol–water partition coefficient (Wildman–Crippen LogP) is 3.94. The highest BCUT2D eigenvalue weighted by atomic mass is 79.9. The minimum Gasteiger partial charge on any atom is -0.280 e. The molecule has 0 rings (SSSR count). The number of alkyl halides is 11. The van der Waals surface area contributed by atoms with E-state index in [0.29, 0.717) is 0 Å². The highest BCUT2D eigenvalue weighted by molar-refractivity contribution is 9.18. The molecule has 20 heavy (non-hydrogen) atoms. The van der Waals surface area contributed by atoms with E-state index >= 15 is 0 Å². The van der Waals surface area contributed by atoms with Crippen molar-refractivity contribution in [1.29, 1.82) is 0 Å². The monoisotopic (exact) mass is 392 g/mol. The van der Waals surface area contributed by atoms with Crippen molar-refractivity contribution in [1.82, 2.24) is 0 Å². The summed E-state index contributed by atoms with van der Waals surface area (Å²) < 4.78 is 132. The lowest BCUT2D eigenvalue weighted by Gasteiger charge is -2.33. The molecule has 2 nitrogen and oxygen atoms in total. The van der Waals surface area contributed by atoms with Crippen LogP contribution in [0.5, 0.6) is 0 Å². The summed E-state index contributed by atoms with van der Waals surface area (Å²) in [6, 6.07) is 0. The minimum absolute atomic E-state index is 1.18. The number of ether oxygens (including phenoxy) is 1. The molecule has 0 aliphatic heterocycles. The average Bonchev–Trinajstić information content (AvgIpc) is 2.12. The van der Waals surface area contributed by atoms with Crippen LogP contribution in [0.2, 0.25) is 0 Å². The Labute approximate surface area is 110 Å². The Morgan fingerprint density at radius 3 is 1.30 bits per heavy atom. The summed E-state index contributed by atoms with van der Waals surface area (Å²) in [5, 5.41) is 0. The van der Waals surface area contributed by atoms with Gasteiger partial charge < -0.3 is 0 Å². The molecule has 0 aromatic heterocycles. The molecule has 14 heteroatoms. The van der Waals surface area contributed by atoms with E-state index in [2.05, 4.69) is 0 Å². The molecule has 0 saturated heterocycles. The number of carbonyl (C=O) groups excluding carboxylic acids is 1. The van der Waals surface area contributed by atoms with Gasteiger partial charge >= 0.3 is 30.2 Å². The van der Waals surface area contributed by atoms with Gasteiger partial charge in [-0.1, -0.05) is 0 Å². The molecule has 1 atom stereocenters. The quantitative estimate of drug-likeness (QED) is 0.535. The number of hydrogen-bond donors (Lipinski definition) is 0. The van der Waals surface area contributed by atoms with Gasteiger partial charge in [-0.3, -0.25) is 9.53 Å². The van der Waals surface area contributed by atoms with Crippen molar-refractivity contribution in [3.05, 3.63) is 0 Å². The molecule has 0 aromatic carbocycles. The molecule has 0 spiro atoms. The van der Waals surface area contributed by atoms with Gasteiger partial charge in [-0.25, -0.2) is 0 Å². The maximum Gasteiger partial charge on any atom is 0.462 e. The van der Waals surface area contributed by atoms with Crippen LogP contribution in [0.15, 0.2) is 0 Å². The van der Waals surface area contributed by atoms with Crippen LogP contribution in [-0.4, -0.2) is 34.9 Å². The maximum atomic E-state index is 12.9. The molecule has 0 saturated carbocycles. The van der Waals surface area contributed by atoms with Crippen molar-refractivity contribution in [2.24, 2.45) is 0 Å². The number of hydrogen-bond acceptors (Lipinski definition) is 2. The summed E-state index contributed by atoms with van der Waals surface area (Å²) in [5.74, 6) is -13.3. The van der Waals surface area contributed by atoms with Crippen molar-refractivity contribution in [2.75, 3.05) is 0 Å². The second-order valence-electron chi connectivity index (χ2n) is 3.06. The molecule has 0 N–H and O–H groups in total. The predicted molar refractivity (Wildman–Crippen MR) is 40.9 cm³/mol. The Bertz CT molecular complexity index is 385. The fourth-order valence-corrected chi connectivity index (χ4v) is 0.921. The van der Waals surface area contributed by atoms with Crippen molar-refractivity contribution in [3.8, 4) is 0 Å². The second-order valence-corrected chi connectivity index (χ2v) is 3.78. The van der Waals surface area contributed by atoms with Gasteiger partial charge in [-0.2, -0.15) is 48.3 Å². The smallest absolute Gasteiger partial charge is 0.280 e. The second kappa shape index (κ2) is 4.96. The third-order valence-corrected chi connectivity index (χ3v) is 2.12. The van der Waals surface area contributed by atoms with Crippen LogP contribution in [-0.2, 0) is 9.53 Å². The van der Waals surface area contributed by atoms with Gasteiger partial charge in [0, 0.05) is 0 Å². The van der Waals surface area contributed by atoms with Gasteiger partial charge in [-0.05, 0) is 15.9 Å². The first-order valence-electron chi connectivity index (χ1n) is 3.88. The molecule has 0 bridgehead atoms. The third kappa shape index (κ3) is 3.15. The first-order chi connectivity index (χ1) is 8.40. The van der Waals surface area contributed by atoms with E-state index in [1.807, 2.05) is 4.74 Å². The number of halogens is 12. The number of rotatable bonds is 4. The lowest BCUT2D eigenvalue weighted by atomic mass is 10.2. The van der Waals surface area contributed by atoms with E-state index in [0.717, 1.165) is 0 Å². The molecular formula is C6BrF11O2. The van der Waals surface area contributed by atoms with Crippen LogP contribution in [0, 0.1) is 0 Å². The summed E-state index contributed by atoms with van der Waals surface area (Å²) in [5.41, 5.74) is 0. The lowest BCUT2D eigenvalue weighted by molar-refractivity contribution is -0.471. The molecular weight excluding hydrogens is 393 g/mol. The van der Waals surface area contributed by atoms with Gasteiger partial charge in [0.05, 0.1) is 0 Å². The SMILES string of the molecule is O=C(Br)C(F)(OC(F)(F)C(F)(F)C(F)(F)F)C(F)(F)F.